The van der Waals surface area contributed by atoms with Crippen LogP contribution in [0.5, 0.6) is 5.75 Å². The maximum absolute atomic E-state index is 13.0. The quantitative estimate of drug-likeness (QED) is 0.463. The van der Waals surface area contributed by atoms with E-state index in [1.54, 1.807) is 24.3 Å². The fourth-order valence-electron chi connectivity index (χ4n) is 3.50. The van der Waals surface area contributed by atoms with E-state index >= 15 is 0 Å². The molecule has 0 saturated carbocycles. The largest absolute Gasteiger partial charge is 0.507 e. The number of carbonyl (C=O) groups is 2. The molecule has 1 atom stereocenters. The molecule has 6 heteroatoms. The van der Waals surface area contributed by atoms with E-state index in [0.717, 1.165) is 11.1 Å². The van der Waals surface area contributed by atoms with Crippen LogP contribution in [0.1, 0.15) is 22.7 Å². The number of likely N-dealkylation sites (N-methyl/N-ethyl adjacent to an activating group) is 1. The van der Waals surface area contributed by atoms with Gasteiger partial charge in [-0.2, -0.15) is 0 Å². The van der Waals surface area contributed by atoms with Gasteiger partial charge < -0.3 is 19.6 Å². The Balaban J connectivity index is 2.17. The first-order valence-corrected chi connectivity index (χ1v) is 9.48. The Bertz CT molecular complexity index is 948. The van der Waals surface area contributed by atoms with Crippen LogP contribution in [0, 0.1) is 6.92 Å². The highest BCUT2D eigenvalue weighted by atomic mass is 16.5. The lowest BCUT2D eigenvalue weighted by Crippen LogP contribution is -2.35. The van der Waals surface area contributed by atoms with Crippen LogP contribution in [-0.2, 0) is 9.59 Å². The lowest BCUT2D eigenvalue weighted by Gasteiger charge is -2.26. The number of hydrogen-bond donors (Lipinski definition) is 1. The smallest absolute Gasteiger partial charge is 0.295 e. The van der Waals surface area contributed by atoms with Crippen molar-refractivity contribution >= 4 is 17.4 Å². The number of nitrogens with zero attached hydrogens (tertiary/aromatic N) is 2. The van der Waals surface area contributed by atoms with Gasteiger partial charge in [0.1, 0.15) is 11.5 Å². The zero-order valence-electron chi connectivity index (χ0n) is 17.2. The SMILES string of the molecule is COc1ccccc1/C(O)=C1\C(=O)C(=O)N(CCN(C)C)C1c1ccc(C)cc1. The predicted octanol–water partition coefficient (Wildman–Crippen LogP) is 2.99. The molecule has 1 aliphatic heterocycles. The molecule has 0 radical (unpaired) electrons. The summed E-state index contributed by atoms with van der Waals surface area (Å²) in [6.07, 6.45) is 0. The predicted molar refractivity (Wildman–Crippen MR) is 112 cm³/mol. The van der Waals surface area contributed by atoms with E-state index in [4.69, 9.17) is 4.74 Å². The fourth-order valence-corrected chi connectivity index (χ4v) is 3.50. The Kier molecular flexibility index (Phi) is 6.03. The van der Waals surface area contributed by atoms with E-state index in [1.165, 1.54) is 12.0 Å². The molecule has 0 aromatic heterocycles. The van der Waals surface area contributed by atoms with E-state index in [9.17, 15) is 14.7 Å². The highest BCUT2D eigenvalue weighted by molar-refractivity contribution is 6.46. The molecule has 0 aliphatic carbocycles. The number of hydrogen-bond acceptors (Lipinski definition) is 5. The number of aryl methyl sites for hydroxylation is 1. The molecule has 1 saturated heterocycles. The lowest BCUT2D eigenvalue weighted by molar-refractivity contribution is -0.140. The molecule has 1 aliphatic rings. The zero-order chi connectivity index (χ0) is 21.1. The molecule has 1 amide bonds. The molecule has 0 bridgehead atoms. The number of carbonyl (C=O) groups excluding carboxylic acids is 2. The number of likely N-dealkylation sites (tertiary alicyclic amines) is 1. The van der Waals surface area contributed by atoms with Crippen LogP contribution < -0.4 is 4.74 Å². The van der Waals surface area contributed by atoms with E-state index < -0.39 is 17.7 Å². The molecule has 2 aromatic rings. The first-order valence-electron chi connectivity index (χ1n) is 9.48. The highest BCUT2D eigenvalue weighted by Crippen LogP contribution is 2.40. The van der Waals surface area contributed by atoms with Crippen molar-refractivity contribution in [3.8, 4) is 5.75 Å². The lowest BCUT2D eigenvalue weighted by atomic mass is 9.94. The van der Waals surface area contributed by atoms with E-state index in [0.29, 0.717) is 24.4 Å². The monoisotopic (exact) mass is 394 g/mol. The molecule has 2 aromatic carbocycles. The second-order valence-electron chi connectivity index (χ2n) is 7.41. The molecule has 1 fully saturated rings. The Morgan fingerprint density at radius 1 is 1.10 bits per heavy atom. The van der Waals surface area contributed by atoms with Gasteiger partial charge in [-0.3, -0.25) is 9.59 Å². The summed E-state index contributed by atoms with van der Waals surface area (Å²) < 4.78 is 5.34. The van der Waals surface area contributed by atoms with E-state index in [1.807, 2.05) is 50.2 Å². The van der Waals surface area contributed by atoms with Gasteiger partial charge in [-0.05, 0) is 38.7 Å². The summed E-state index contributed by atoms with van der Waals surface area (Å²) in [5.41, 5.74) is 2.33. The van der Waals surface area contributed by atoms with Crippen molar-refractivity contribution in [3.05, 3.63) is 70.8 Å². The topological polar surface area (TPSA) is 70.1 Å². The molecular weight excluding hydrogens is 368 g/mol. The summed E-state index contributed by atoms with van der Waals surface area (Å²) in [4.78, 5) is 29.3. The molecule has 0 spiro atoms. The minimum Gasteiger partial charge on any atom is -0.507 e. The average Bonchev–Trinajstić information content (AvgIpc) is 2.97. The minimum absolute atomic E-state index is 0.0853. The van der Waals surface area contributed by atoms with Crippen LogP contribution in [-0.4, -0.2) is 60.9 Å². The van der Waals surface area contributed by atoms with Gasteiger partial charge in [0.25, 0.3) is 11.7 Å². The van der Waals surface area contributed by atoms with Gasteiger partial charge in [-0.25, -0.2) is 0 Å². The van der Waals surface area contributed by atoms with Crippen molar-refractivity contribution in [2.24, 2.45) is 0 Å². The third-order valence-corrected chi connectivity index (χ3v) is 5.08. The second kappa shape index (κ2) is 8.49. The van der Waals surface area contributed by atoms with Gasteiger partial charge in [0.15, 0.2) is 0 Å². The summed E-state index contributed by atoms with van der Waals surface area (Å²) >= 11 is 0. The Hall–Kier alpha value is -3.12. The van der Waals surface area contributed by atoms with Crippen LogP contribution in [0.15, 0.2) is 54.1 Å². The van der Waals surface area contributed by atoms with Crippen LogP contribution in [0.2, 0.25) is 0 Å². The third kappa shape index (κ3) is 4.03. The van der Waals surface area contributed by atoms with Gasteiger partial charge in [-0.15, -0.1) is 0 Å². The maximum atomic E-state index is 13.0. The summed E-state index contributed by atoms with van der Waals surface area (Å²) in [5, 5.41) is 11.1. The summed E-state index contributed by atoms with van der Waals surface area (Å²) in [6.45, 7) is 2.95. The molecular formula is C23H26N2O4. The first-order chi connectivity index (χ1) is 13.8. The molecule has 6 nitrogen and oxygen atoms in total. The standard InChI is InChI=1S/C23H26N2O4/c1-15-9-11-16(12-10-15)20-19(21(26)17-7-5-6-8-18(17)29-4)22(27)23(28)25(20)14-13-24(2)3/h5-12,20,26H,13-14H2,1-4H3/b21-19+. The van der Waals surface area contributed by atoms with Crippen molar-refractivity contribution in [2.75, 3.05) is 34.3 Å². The Labute approximate surface area is 171 Å². The van der Waals surface area contributed by atoms with Crippen molar-refractivity contribution < 1.29 is 19.4 Å². The van der Waals surface area contributed by atoms with Crippen molar-refractivity contribution in [1.82, 2.24) is 9.80 Å². The number of para-hydroxylation sites is 1. The molecule has 3 rings (SSSR count). The minimum atomic E-state index is -0.683. The number of Topliss-reactive ketones (excluding diaryl/α,β-unsaturated/α-hetero) is 1. The van der Waals surface area contributed by atoms with Crippen molar-refractivity contribution in [3.63, 3.8) is 0 Å². The number of amides is 1. The second-order valence-corrected chi connectivity index (χ2v) is 7.41. The van der Waals surface area contributed by atoms with Gasteiger partial charge in [0.05, 0.1) is 24.3 Å². The van der Waals surface area contributed by atoms with Crippen LogP contribution >= 0.6 is 0 Å². The Morgan fingerprint density at radius 2 is 1.76 bits per heavy atom. The van der Waals surface area contributed by atoms with Crippen LogP contribution in [0.3, 0.4) is 0 Å². The number of methoxy groups -OCH3 is 1. The number of aliphatic hydroxyl groups is 1. The fraction of sp³-hybridized carbons (Fsp3) is 0.304. The molecule has 1 N–H and O–H groups in total. The first kappa shape index (κ1) is 20.6. The van der Waals surface area contributed by atoms with Crippen LogP contribution in [0.4, 0.5) is 0 Å². The highest BCUT2D eigenvalue weighted by Gasteiger charge is 2.46. The Morgan fingerprint density at radius 3 is 2.38 bits per heavy atom. The van der Waals surface area contributed by atoms with Gasteiger partial charge in [-0.1, -0.05) is 42.0 Å². The maximum Gasteiger partial charge on any atom is 0.295 e. The molecule has 1 heterocycles. The van der Waals surface area contributed by atoms with Gasteiger partial charge >= 0.3 is 0 Å². The summed E-state index contributed by atoms with van der Waals surface area (Å²) in [5.74, 6) is -1.07. The van der Waals surface area contributed by atoms with Crippen molar-refractivity contribution in [2.45, 2.75) is 13.0 Å². The third-order valence-electron chi connectivity index (χ3n) is 5.08. The average molecular weight is 394 g/mol. The number of benzene rings is 2. The molecule has 152 valence electrons. The molecule has 29 heavy (non-hydrogen) atoms. The van der Waals surface area contributed by atoms with E-state index in [-0.39, 0.29) is 11.3 Å². The van der Waals surface area contributed by atoms with E-state index in [2.05, 4.69) is 0 Å². The normalized spacial score (nSPS) is 18.5. The zero-order valence-corrected chi connectivity index (χ0v) is 17.2. The summed E-state index contributed by atoms with van der Waals surface area (Å²) in [7, 11) is 5.32. The number of aliphatic hydroxyl groups excluding tert-OH is 1. The molecule has 1 unspecified atom stereocenters. The number of ketones is 1. The summed E-state index contributed by atoms with van der Waals surface area (Å²) in [6, 6.07) is 13.9. The van der Waals surface area contributed by atoms with Crippen molar-refractivity contribution in [1.29, 1.82) is 0 Å². The number of rotatable bonds is 6. The van der Waals surface area contributed by atoms with Gasteiger partial charge in [0.2, 0.25) is 0 Å². The van der Waals surface area contributed by atoms with Crippen LogP contribution in [0.25, 0.3) is 5.76 Å². The number of ether oxygens (including phenoxy) is 1. The van der Waals surface area contributed by atoms with Gasteiger partial charge in [0, 0.05) is 13.1 Å².